The Morgan fingerprint density at radius 2 is 1.62 bits per heavy atom. The van der Waals surface area contributed by atoms with E-state index in [1.807, 2.05) is 0 Å². The second-order valence-electron chi connectivity index (χ2n) is 2.93. The third-order valence-corrected chi connectivity index (χ3v) is 1.58. The van der Waals surface area contributed by atoms with Crippen LogP contribution in [-0.2, 0) is 34.7 Å². The van der Waals surface area contributed by atoms with Gasteiger partial charge in [0.05, 0.1) is 0 Å². The second kappa shape index (κ2) is 17.1. The first-order valence-electron chi connectivity index (χ1n) is 4.25. The van der Waals surface area contributed by atoms with E-state index >= 15 is 0 Å². The summed E-state index contributed by atoms with van der Waals surface area (Å²) in [7, 11) is 4.20. The molecule has 0 aromatic rings. The molecule has 0 heterocycles. The Morgan fingerprint density at radius 1 is 1.25 bits per heavy atom. The number of hydrogen-bond acceptors (Lipinski definition) is 3. The van der Waals surface area contributed by atoms with Crippen LogP contribution in [0.15, 0.2) is 0 Å². The van der Waals surface area contributed by atoms with Crippen molar-refractivity contribution in [3.8, 4) is 0 Å². The first-order chi connectivity index (χ1) is 7.20. The maximum Gasteiger partial charge on any atom is 0 e. The molecule has 0 saturated heterocycles. The van der Waals surface area contributed by atoms with Crippen LogP contribution >= 0.6 is 0 Å². The minimum atomic E-state index is 0. The van der Waals surface area contributed by atoms with E-state index in [2.05, 4.69) is 51.3 Å². The summed E-state index contributed by atoms with van der Waals surface area (Å²) in [4.78, 5) is 18.5. The van der Waals surface area contributed by atoms with Crippen molar-refractivity contribution >= 4 is 6.15 Å². The summed E-state index contributed by atoms with van der Waals surface area (Å²) < 4.78 is 7.50. The smallest absolute Gasteiger partial charge is 0 e. The molecule has 1 saturated carbocycles. The molecule has 6 radical (unpaired) electrons. The standard InChI is InChI=1S/C9H14N.CO2.CO.Re/c1-10(2)8-7-9-5-3-4-6-9;2-1-3;1-2;/h3-6H,7-8H2,1-2H3;;;. The van der Waals surface area contributed by atoms with Crippen molar-refractivity contribution in [2.24, 2.45) is 0 Å². The van der Waals surface area contributed by atoms with Crippen LogP contribution in [0, 0.1) is 38.3 Å². The molecular weight excluding hydrogens is 380 g/mol. The summed E-state index contributed by atoms with van der Waals surface area (Å²) in [5, 5.41) is 0. The van der Waals surface area contributed by atoms with Gasteiger partial charge >= 0.3 is 17.5 Å². The zero-order valence-electron chi connectivity index (χ0n) is 9.27. The van der Waals surface area contributed by atoms with Crippen LogP contribution < -0.4 is 0 Å². The molecule has 0 bridgehead atoms. The third kappa shape index (κ3) is 16.2. The van der Waals surface area contributed by atoms with Gasteiger partial charge in [0, 0.05) is 20.4 Å². The maximum absolute atomic E-state index is 8.12. The van der Waals surface area contributed by atoms with Gasteiger partial charge < -0.3 is 4.90 Å². The van der Waals surface area contributed by atoms with E-state index in [0.29, 0.717) is 0 Å². The Labute approximate surface area is 111 Å². The molecule has 5 heteroatoms. The van der Waals surface area contributed by atoms with Gasteiger partial charge in [-0.15, -0.1) is 0 Å². The van der Waals surface area contributed by atoms with Crippen LogP contribution in [-0.4, -0.2) is 31.7 Å². The van der Waals surface area contributed by atoms with E-state index in [1.165, 1.54) is 12.3 Å². The Bertz CT molecular complexity index is 183. The Kier molecular flexibility index (Phi) is 22.6. The Morgan fingerprint density at radius 3 is 1.94 bits per heavy atom. The van der Waals surface area contributed by atoms with Gasteiger partial charge in [-0.1, -0.05) is 0 Å². The van der Waals surface area contributed by atoms with Crippen molar-refractivity contribution in [2.45, 2.75) is 6.42 Å². The maximum atomic E-state index is 8.12. The quantitative estimate of drug-likeness (QED) is 0.524. The van der Waals surface area contributed by atoms with Crippen molar-refractivity contribution in [3.05, 3.63) is 38.3 Å². The molecule has 0 aliphatic heterocycles. The van der Waals surface area contributed by atoms with Gasteiger partial charge in [0.2, 0.25) is 0 Å². The van der Waals surface area contributed by atoms with E-state index in [1.54, 1.807) is 0 Å². The monoisotopic (exact) mass is 395 g/mol. The molecule has 16 heavy (non-hydrogen) atoms. The molecule has 0 N–H and O–H groups in total. The molecule has 1 rings (SSSR count). The van der Waals surface area contributed by atoms with E-state index in [4.69, 9.17) is 14.2 Å². The van der Waals surface area contributed by atoms with Gasteiger partial charge in [-0.2, -0.15) is 9.59 Å². The summed E-state index contributed by atoms with van der Waals surface area (Å²) >= 11 is 0. The number of nitrogens with zero attached hydrogens (tertiary/aromatic N) is 1. The molecule has 0 aromatic carbocycles. The van der Waals surface area contributed by atoms with Gasteiger partial charge in [-0.25, -0.2) is 0 Å². The first-order valence-corrected chi connectivity index (χ1v) is 4.25. The Balaban J connectivity index is -0.000000246. The summed E-state index contributed by atoms with van der Waals surface area (Å²) in [6.45, 7) is 5.64. The van der Waals surface area contributed by atoms with E-state index in [9.17, 15) is 0 Å². The minimum absolute atomic E-state index is 0. The summed E-state index contributed by atoms with van der Waals surface area (Å²) in [6.07, 6.45) is 9.93. The predicted octanol–water partition coefficient (Wildman–Crippen LogP) is 0.720. The number of hydrogen-bond donors (Lipinski definition) is 0. The van der Waals surface area contributed by atoms with Crippen LogP contribution in [0.3, 0.4) is 0 Å². The largest absolute Gasteiger partial charge is 0 e. The number of rotatable bonds is 3. The average Bonchev–Trinajstić information content (AvgIpc) is 2.71. The zero-order valence-corrected chi connectivity index (χ0v) is 12.0. The average molecular weight is 394 g/mol. The summed E-state index contributed by atoms with van der Waals surface area (Å²) in [5.74, 6) is 1.44. The normalized spacial score (nSPS) is 13.6. The second-order valence-corrected chi connectivity index (χ2v) is 2.93. The molecule has 1 fully saturated rings. The molecule has 0 aromatic heterocycles. The van der Waals surface area contributed by atoms with Gasteiger partial charge in [0.15, 0.2) is 0 Å². The SMILES string of the molecule is CN(C)CC[C]1[CH][CH][CH][CH]1.O=C=O.[C-]#[O+].[Re]. The van der Waals surface area contributed by atoms with Crippen LogP contribution in [0.1, 0.15) is 6.42 Å². The van der Waals surface area contributed by atoms with Crippen LogP contribution in [0.5, 0.6) is 0 Å². The van der Waals surface area contributed by atoms with Crippen molar-refractivity contribution in [1.29, 1.82) is 0 Å². The zero-order chi connectivity index (χ0) is 12.1. The van der Waals surface area contributed by atoms with Crippen molar-refractivity contribution in [2.75, 3.05) is 20.6 Å². The fraction of sp³-hybridized carbons (Fsp3) is 0.364. The molecule has 0 atom stereocenters. The van der Waals surface area contributed by atoms with E-state index < -0.39 is 0 Å². The fourth-order valence-electron chi connectivity index (χ4n) is 0.933. The molecular formula is C11H14NO3Re. The molecule has 88 valence electrons. The van der Waals surface area contributed by atoms with Gasteiger partial charge in [-0.05, 0) is 58.7 Å². The molecule has 0 unspecified atom stereocenters. The van der Waals surface area contributed by atoms with E-state index in [0.717, 1.165) is 6.54 Å². The van der Waals surface area contributed by atoms with Crippen molar-refractivity contribution < 1.29 is 34.7 Å². The van der Waals surface area contributed by atoms with Gasteiger partial charge in [0.1, 0.15) is 0 Å². The third-order valence-electron chi connectivity index (χ3n) is 1.58. The fourth-order valence-corrected chi connectivity index (χ4v) is 0.933. The molecule has 1 aliphatic carbocycles. The van der Waals surface area contributed by atoms with Gasteiger partial charge in [0.25, 0.3) is 0 Å². The van der Waals surface area contributed by atoms with Crippen LogP contribution in [0.4, 0.5) is 0 Å². The van der Waals surface area contributed by atoms with Crippen LogP contribution in [0.2, 0.25) is 0 Å². The van der Waals surface area contributed by atoms with Gasteiger partial charge in [-0.3, -0.25) is 0 Å². The topological polar surface area (TPSA) is 57.3 Å². The van der Waals surface area contributed by atoms with E-state index in [-0.39, 0.29) is 26.6 Å². The summed E-state index contributed by atoms with van der Waals surface area (Å²) in [6, 6.07) is 0. The van der Waals surface area contributed by atoms with Crippen LogP contribution in [0.25, 0.3) is 0 Å². The predicted molar refractivity (Wildman–Crippen MR) is 52.6 cm³/mol. The number of carbonyl (C=O) groups excluding carboxylic acids is 2. The molecule has 0 amide bonds. The minimum Gasteiger partial charge on any atom is 0 e. The summed E-state index contributed by atoms with van der Waals surface area (Å²) in [5.41, 5.74) is 0. The molecule has 1 aliphatic rings. The van der Waals surface area contributed by atoms with Crippen molar-refractivity contribution in [3.63, 3.8) is 0 Å². The Hall–Kier alpha value is -0.258. The molecule has 4 nitrogen and oxygen atoms in total. The first kappa shape index (κ1) is 21.1. The van der Waals surface area contributed by atoms with Crippen molar-refractivity contribution in [1.82, 2.24) is 4.90 Å². The molecule has 0 spiro atoms.